The van der Waals surface area contributed by atoms with Crippen molar-refractivity contribution in [1.82, 2.24) is 25.6 Å². The van der Waals surface area contributed by atoms with Crippen molar-refractivity contribution in [2.75, 3.05) is 44.3 Å². The van der Waals surface area contributed by atoms with E-state index in [1.165, 1.54) is 26.4 Å². The van der Waals surface area contributed by atoms with E-state index in [2.05, 4.69) is 30.9 Å². The number of nitrogens with one attached hydrogen (secondary N) is 3. The number of benzene rings is 1. The Kier molecular flexibility index (Phi) is 11.4. The van der Waals surface area contributed by atoms with Crippen molar-refractivity contribution in [3.05, 3.63) is 29.1 Å². The molecule has 0 amide bonds. The molecule has 1 aliphatic carbocycles. The van der Waals surface area contributed by atoms with Crippen LogP contribution in [0.25, 0.3) is 22.2 Å². The number of halogens is 8. The van der Waals surface area contributed by atoms with Gasteiger partial charge in [0.05, 0.1) is 24.3 Å². The predicted octanol–water partition coefficient (Wildman–Crippen LogP) is 6.90. The highest BCUT2D eigenvalue weighted by Crippen LogP contribution is 2.48. The van der Waals surface area contributed by atoms with E-state index < -0.39 is 64.0 Å². The van der Waals surface area contributed by atoms with Gasteiger partial charge in [0, 0.05) is 36.4 Å². The number of nitrogens with zero attached hydrogens (tertiary/aromatic N) is 3. The van der Waals surface area contributed by atoms with Crippen LogP contribution in [-0.4, -0.2) is 66.1 Å². The summed E-state index contributed by atoms with van der Waals surface area (Å²) in [5, 5.41) is 9.23. The Labute approximate surface area is 272 Å². The molecule has 6 rings (SSSR count). The van der Waals surface area contributed by atoms with Gasteiger partial charge in [0.1, 0.15) is 28.6 Å². The second-order valence-electron chi connectivity index (χ2n) is 11.6. The first-order valence-corrected chi connectivity index (χ1v) is 15.7. The maximum atomic E-state index is 15.9. The number of nitrogens with two attached hydrogens (primary N) is 1. The van der Waals surface area contributed by atoms with Crippen molar-refractivity contribution in [1.29, 1.82) is 0 Å². The molecule has 2 aliphatic heterocycles. The van der Waals surface area contributed by atoms with Crippen molar-refractivity contribution in [2.45, 2.75) is 83.0 Å². The Morgan fingerprint density at radius 1 is 1.00 bits per heavy atom. The Hall–Kier alpha value is -3.73. The Morgan fingerprint density at radius 3 is 2.25 bits per heavy atom. The zero-order valence-electron chi connectivity index (χ0n) is 26.9. The summed E-state index contributed by atoms with van der Waals surface area (Å²) in [6.07, 6.45) is -7.21. The number of methoxy groups -OCH3 is 1. The maximum absolute atomic E-state index is 15.9. The second kappa shape index (κ2) is 14.8. The van der Waals surface area contributed by atoms with Gasteiger partial charge in [-0.15, -0.1) is 0 Å². The minimum absolute atomic E-state index is 0.0188. The number of rotatable bonds is 2. The minimum atomic E-state index is -5.54. The predicted molar refractivity (Wildman–Crippen MR) is 165 cm³/mol. The number of hydrogen-bond donors (Lipinski definition) is 4. The molecule has 2 atom stereocenters. The number of pyridine rings is 1. The number of ether oxygens (including phenoxy) is 2. The van der Waals surface area contributed by atoms with Gasteiger partial charge < -0.3 is 31.2 Å². The lowest BCUT2D eigenvalue weighted by atomic mass is 9.76. The lowest BCUT2D eigenvalue weighted by Crippen LogP contribution is -2.45. The number of aromatic nitrogens is 3. The fourth-order valence-electron chi connectivity index (χ4n) is 5.81. The summed E-state index contributed by atoms with van der Waals surface area (Å²) in [4.78, 5) is 12.0. The molecule has 2 aromatic heterocycles. The average molecular weight is 694 g/mol. The van der Waals surface area contributed by atoms with E-state index in [1.807, 2.05) is 13.8 Å². The molecule has 5 N–H and O–H groups in total. The molecule has 3 aromatic rings. The van der Waals surface area contributed by atoms with Gasteiger partial charge >= 0.3 is 18.4 Å². The van der Waals surface area contributed by atoms with Crippen LogP contribution < -0.4 is 31.2 Å². The van der Waals surface area contributed by atoms with E-state index in [9.17, 15) is 30.7 Å². The molecule has 1 saturated heterocycles. The SMILES string of the molecule is CC.COc1nc2c3c(nc(-c4cc(N)cc(C(F)(F)F)c4C(F)(F)F)c(F)c3n1)OC(C)CCNCCN2.FC1CNC2(CCC2)C1. The standard InChI is InChI=1S/C22H21F7N6O2.C7H12FN.C2H6/c1-9-3-4-31-5-6-32-18-13-17(34-20(35-18)36-2)15(23)16(33-19(13)37-9)11-7-10(30)8-12(21(24,25)26)14(11)22(27,28)29;8-6-4-7(9-5-6)2-1-3-7;1-2/h7-9,31H,3-6,30H2,1-2H3,(H,32,34,35);6,9H,1-5H2;1-2H3. The third kappa shape index (κ3) is 8.10. The molecule has 17 heteroatoms. The molecule has 9 nitrogen and oxygen atoms in total. The van der Waals surface area contributed by atoms with Crippen LogP contribution in [0.5, 0.6) is 11.9 Å². The summed E-state index contributed by atoms with van der Waals surface area (Å²) < 4.78 is 122. The monoisotopic (exact) mass is 693 g/mol. The molecule has 3 aliphatic rings. The van der Waals surface area contributed by atoms with Gasteiger partial charge in [0.2, 0.25) is 5.88 Å². The molecule has 4 heterocycles. The van der Waals surface area contributed by atoms with Crippen LogP contribution in [0.15, 0.2) is 12.1 Å². The summed E-state index contributed by atoms with van der Waals surface area (Å²) >= 11 is 0. The summed E-state index contributed by atoms with van der Waals surface area (Å²) in [5.74, 6) is -1.78. The van der Waals surface area contributed by atoms with Gasteiger partial charge in [0.15, 0.2) is 5.82 Å². The smallest absolute Gasteiger partial charge is 0.417 e. The first-order valence-electron chi connectivity index (χ1n) is 15.7. The lowest BCUT2D eigenvalue weighted by Gasteiger charge is -2.38. The van der Waals surface area contributed by atoms with Crippen molar-refractivity contribution in [3.8, 4) is 23.1 Å². The molecule has 2 fully saturated rings. The Morgan fingerprint density at radius 2 is 1.71 bits per heavy atom. The average Bonchev–Trinajstić information content (AvgIpc) is 3.41. The molecule has 1 spiro atoms. The third-order valence-electron chi connectivity index (χ3n) is 8.17. The lowest BCUT2D eigenvalue weighted by molar-refractivity contribution is -0.161. The van der Waals surface area contributed by atoms with Crippen molar-refractivity contribution < 1.29 is 44.6 Å². The van der Waals surface area contributed by atoms with Crippen molar-refractivity contribution >= 4 is 22.4 Å². The molecule has 1 saturated carbocycles. The third-order valence-corrected chi connectivity index (χ3v) is 8.17. The topological polar surface area (TPSA) is 119 Å². The van der Waals surface area contributed by atoms with Crippen LogP contribution in [-0.2, 0) is 12.4 Å². The van der Waals surface area contributed by atoms with Crippen LogP contribution >= 0.6 is 0 Å². The van der Waals surface area contributed by atoms with Gasteiger partial charge in [0.25, 0.3) is 0 Å². The van der Waals surface area contributed by atoms with Crippen LogP contribution in [0.3, 0.4) is 0 Å². The molecule has 48 heavy (non-hydrogen) atoms. The highest BCUT2D eigenvalue weighted by molar-refractivity contribution is 5.96. The number of alkyl halides is 7. The summed E-state index contributed by atoms with van der Waals surface area (Å²) in [5.41, 5.74) is -1.94. The van der Waals surface area contributed by atoms with Gasteiger partial charge in [-0.25, -0.2) is 13.8 Å². The first-order chi connectivity index (χ1) is 22.6. The molecular weight excluding hydrogens is 654 g/mol. The molecule has 0 bridgehead atoms. The van der Waals surface area contributed by atoms with E-state index >= 15 is 4.39 Å². The van der Waals surface area contributed by atoms with Gasteiger partial charge in [-0.1, -0.05) is 13.8 Å². The maximum Gasteiger partial charge on any atom is 0.417 e. The Bertz CT molecular complexity index is 1580. The number of anilines is 2. The van der Waals surface area contributed by atoms with Crippen LogP contribution in [0, 0.1) is 5.82 Å². The zero-order valence-corrected chi connectivity index (χ0v) is 26.9. The summed E-state index contributed by atoms with van der Waals surface area (Å²) in [6.45, 7) is 7.56. The highest BCUT2D eigenvalue weighted by atomic mass is 19.4. The molecule has 2 unspecified atom stereocenters. The van der Waals surface area contributed by atoms with Crippen molar-refractivity contribution in [2.24, 2.45) is 0 Å². The van der Waals surface area contributed by atoms with Crippen LogP contribution in [0.1, 0.15) is 64.0 Å². The van der Waals surface area contributed by atoms with Crippen LogP contribution in [0.4, 0.5) is 46.6 Å². The fraction of sp³-hybridized carbons (Fsp3) is 0.581. The first kappa shape index (κ1) is 37.1. The van der Waals surface area contributed by atoms with E-state index in [-0.39, 0.29) is 34.7 Å². The number of nitrogen functional groups attached to an aromatic ring is 1. The van der Waals surface area contributed by atoms with E-state index in [0.717, 1.165) is 6.42 Å². The summed E-state index contributed by atoms with van der Waals surface area (Å²) in [6, 6.07) is 0.381. The van der Waals surface area contributed by atoms with E-state index in [1.54, 1.807) is 6.92 Å². The number of hydrogen-bond acceptors (Lipinski definition) is 9. The van der Waals surface area contributed by atoms with Gasteiger partial charge in [-0.3, -0.25) is 0 Å². The van der Waals surface area contributed by atoms with E-state index in [0.29, 0.717) is 38.7 Å². The van der Waals surface area contributed by atoms with Gasteiger partial charge in [-0.05, 0) is 57.7 Å². The molecule has 0 radical (unpaired) electrons. The fourth-order valence-corrected chi connectivity index (χ4v) is 5.81. The quantitative estimate of drug-likeness (QED) is 0.168. The normalized spacial score (nSPS) is 20.6. The van der Waals surface area contributed by atoms with Crippen molar-refractivity contribution in [3.63, 3.8) is 0 Å². The summed E-state index contributed by atoms with van der Waals surface area (Å²) in [7, 11) is 1.19. The van der Waals surface area contributed by atoms with E-state index in [4.69, 9.17) is 15.2 Å². The molecular formula is C31H39F8N7O2. The minimum Gasteiger partial charge on any atom is -0.474 e. The Balaban J connectivity index is 0.000000399. The van der Waals surface area contributed by atoms with Gasteiger partial charge in [-0.2, -0.15) is 36.3 Å². The zero-order chi connectivity index (χ0) is 35.4. The van der Waals surface area contributed by atoms with Crippen LogP contribution in [0.2, 0.25) is 0 Å². The highest BCUT2D eigenvalue weighted by Gasteiger charge is 2.46. The largest absolute Gasteiger partial charge is 0.474 e. The second-order valence-corrected chi connectivity index (χ2v) is 11.6. The molecule has 1 aromatic carbocycles. The molecule has 266 valence electrons.